The third kappa shape index (κ3) is 3.29. The Labute approximate surface area is 107 Å². The number of hydrogen-bond acceptors (Lipinski definition) is 4. The van der Waals surface area contributed by atoms with Gasteiger partial charge in [-0.1, -0.05) is 0 Å². The molecule has 1 aliphatic carbocycles. The predicted octanol–water partition coefficient (Wildman–Crippen LogP) is 1.18. The van der Waals surface area contributed by atoms with Crippen LogP contribution in [0.2, 0.25) is 0 Å². The van der Waals surface area contributed by atoms with Gasteiger partial charge in [0.2, 0.25) is 5.82 Å². The van der Waals surface area contributed by atoms with Crippen LogP contribution in [-0.4, -0.2) is 52.3 Å². The van der Waals surface area contributed by atoms with Crippen LogP contribution >= 0.6 is 0 Å². The molecule has 0 unspecified atom stereocenters. The third-order valence-electron chi connectivity index (χ3n) is 2.88. The Morgan fingerprint density at radius 2 is 2.28 bits per heavy atom. The SMILES string of the molecule is CC(C)OCCN(C)C(=O)c1n[nH]c(C2CC2)n1. The number of nitrogens with zero attached hydrogens (tertiary/aromatic N) is 3. The molecule has 1 heterocycles. The fraction of sp³-hybridized carbons (Fsp3) is 0.750. The van der Waals surface area contributed by atoms with Gasteiger partial charge in [-0.25, -0.2) is 4.98 Å². The summed E-state index contributed by atoms with van der Waals surface area (Å²) in [6.45, 7) is 5.02. The van der Waals surface area contributed by atoms with Crippen molar-refractivity contribution in [2.75, 3.05) is 20.2 Å². The largest absolute Gasteiger partial charge is 0.377 e. The topological polar surface area (TPSA) is 71.1 Å². The van der Waals surface area contributed by atoms with Crippen LogP contribution in [0, 0.1) is 0 Å². The fourth-order valence-electron chi connectivity index (χ4n) is 1.61. The van der Waals surface area contributed by atoms with Crippen LogP contribution in [0.5, 0.6) is 0 Å². The third-order valence-corrected chi connectivity index (χ3v) is 2.88. The molecule has 0 saturated heterocycles. The Morgan fingerprint density at radius 3 is 2.89 bits per heavy atom. The van der Waals surface area contributed by atoms with Gasteiger partial charge >= 0.3 is 0 Å². The first kappa shape index (κ1) is 13.0. The number of hydrogen-bond donors (Lipinski definition) is 1. The van der Waals surface area contributed by atoms with Crippen molar-refractivity contribution in [3.8, 4) is 0 Å². The smallest absolute Gasteiger partial charge is 0.293 e. The summed E-state index contributed by atoms with van der Waals surface area (Å²) in [6, 6.07) is 0. The van der Waals surface area contributed by atoms with Crippen LogP contribution < -0.4 is 0 Å². The summed E-state index contributed by atoms with van der Waals surface area (Å²) >= 11 is 0. The molecule has 1 N–H and O–H groups in total. The Kier molecular flexibility index (Phi) is 3.96. The van der Waals surface area contributed by atoms with Gasteiger partial charge in [0.05, 0.1) is 12.7 Å². The zero-order chi connectivity index (χ0) is 13.1. The quantitative estimate of drug-likeness (QED) is 0.825. The molecular weight excluding hydrogens is 232 g/mol. The van der Waals surface area contributed by atoms with E-state index in [1.165, 1.54) is 0 Å². The lowest BCUT2D eigenvalue weighted by molar-refractivity contribution is 0.0526. The van der Waals surface area contributed by atoms with Crippen LogP contribution in [-0.2, 0) is 4.74 Å². The number of nitrogens with one attached hydrogen (secondary N) is 1. The van der Waals surface area contributed by atoms with Gasteiger partial charge in [0.25, 0.3) is 5.91 Å². The number of aromatic nitrogens is 3. The van der Waals surface area contributed by atoms with Gasteiger partial charge in [-0.2, -0.15) is 0 Å². The second-order valence-electron chi connectivity index (χ2n) is 4.96. The van der Waals surface area contributed by atoms with Gasteiger partial charge in [0.1, 0.15) is 5.82 Å². The molecule has 18 heavy (non-hydrogen) atoms. The van der Waals surface area contributed by atoms with Gasteiger partial charge in [-0.15, -0.1) is 5.10 Å². The van der Waals surface area contributed by atoms with Crippen molar-refractivity contribution in [1.82, 2.24) is 20.1 Å². The normalized spacial score (nSPS) is 15.1. The summed E-state index contributed by atoms with van der Waals surface area (Å²) in [6.07, 6.45) is 2.46. The van der Waals surface area contributed by atoms with E-state index >= 15 is 0 Å². The van der Waals surface area contributed by atoms with E-state index in [0.29, 0.717) is 19.1 Å². The van der Waals surface area contributed by atoms with Crippen LogP contribution in [0.25, 0.3) is 0 Å². The first-order valence-corrected chi connectivity index (χ1v) is 6.37. The van der Waals surface area contributed by atoms with Gasteiger partial charge in [0.15, 0.2) is 0 Å². The number of ether oxygens (including phenoxy) is 1. The highest BCUT2D eigenvalue weighted by molar-refractivity contribution is 5.90. The van der Waals surface area contributed by atoms with Crippen molar-refractivity contribution in [3.05, 3.63) is 11.6 Å². The molecule has 1 saturated carbocycles. The van der Waals surface area contributed by atoms with Crippen molar-refractivity contribution < 1.29 is 9.53 Å². The summed E-state index contributed by atoms with van der Waals surface area (Å²) < 4.78 is 5.41. The first-order valence-electron chi connectivity index (χ1n) is 6.37. The average Bonchev–Trinajstić information content (AvgIpc) is 3.06. The number of carbonyl (C=O) groups excluding carboxylic acids is 1. The molecule has 1 aromatic rings. The molecule has 0 aromatic carbocycles. The molecule has 0 radical (unpaired) electrons. The molecule has 6 heteroatoms. The van der Waals surface area contributed by atoms with Crippen LogP contribution in [0.4, 0.5) is 0 Å². The van der Waals surface area contributed by atoms with E-state index in [1.807, 2.05) is 13.8 Å². The Hall–Kier alpha value is -1.43. The highest BCUT2D eigenvalue weighted by atomic mass is 16.5. The van der Waals surface area contributed by atoms with Crippen molar-refractivity contribution in [2.24, 2.45) is 0 Å². The molecule has 0 aliphatic heterocycles. The maximum Gasteiger partial charge on any atom is 0.293 e. The Bertz CT molecular complexity index is 412. The van der Waals surface area contributed by atoms with Gasteiger partial charge < -0.3 is 9.64 Å². The lowest BCUT2D eigenvalue weighted by Crippen LogP contribution is -2.31. The summed E-state index contributed by atoms with van der Waals surface area (Å²) in [7, 11) is 1.74. The standard InChI is InChI=1S/C12H20N4O2/c1-8(2)18-7-6-16(3)12(17)11-13-10(14-15-11)9-4-5-9/h8-9H,4-7H2,1-3H3,(H,13,14,15). The zero-order valence-electron chi connectivity index (χ0n) is 11.1. The second-order valence-corrected chi connectivity index (χ2v) is 4.96. The first-order chi connectivity index (χ1) is 8.58. The van der Waals surface area contributed by atoms with E-state index in [1.54, 1.807) is 11.9 Å². The van der Waals surface area contributed by atoms with E-state index in [4.69, 9.17) is 4.74 Å². The lowest BCUT2D eigenvalue weighted by atomic mass is 10.4. The van der Waals surface area contributed by atoms with E-state index in [9.17, 15) is 4.79 Å². The van der Waals surface area contributed by atoms with Crippen molar-refractivity contribution in [3.63, 3.8) is 0 Å². The van der Waals surface area contributed by atoms with Gasteiger partial charge in [0, 0.05) is 19.5 Å². The van der Waals surface area contributed by atoms with Crippen molar-refractivity contribution in [1.29, 1.82) is 0 Å². The average molecular weight is 252 g/mol. The summed E-state index contributed by atoms with van der Waals surface area (Å²) in [4.78, 5) is 17.8. The van der Waals surface area contributed by atoms with Crippen LogP contribution in [0.1, 0.15) is 49.1 Å². The van der Waals surface area contributed by atoms with E-state index in [-0.39, 0.29) is 17.8 Å². The number of H-pyrrole nitrogens is 1. The minimum Gasteiger partial charge on any atom is -0.377 e. The summed E-state index contributed by atoms with van der Waals surface area (Å²) in [5.74, 6) is 1.41. The number of likely N-dealkylation sites (N-methyl/N-ethyl adjacent to an activating group) is 1. The van der Waals surface area contributed by atoms with E-state index in [2.05, 4.69) is 15.2 Å². The molecule has 0 bridgehead atoms. The van der Waals surface area contributed by atoms with Gasteiger partial charge in [-0.3, -0.25) is 9.89 Å². The maximum atomic E-state index is 12.0. The minimum atomic E-state index is -0.162. The number of aromatic amines is 1. The Morgan fingerprint density at radius 1 is 1.56 bits per heavy atom. The molecule has 0 atom stereocenters. The number of carbonyl (C=O) groups is 1. The van der Waals surface area contributed by atoms with Crippen molar-refractivity contribution >= 4 is 5.91 Å². The molecule has 1 fully saturated rings. The molecular formula is C12H20N4O2. The van der Waals surface area contributed by atoms with Gasteiger partial charge in [-0.05, 0) is 26.7 Å². The van der Waals surface area contributed by atoms with Crippen LogP contribution in [0.15, 0.2) is 0 Å². The number of rotatable bonds is 6. The van der Waals surface area contributed by atoms with Crippen molar-refractivity contribution in [2.45, 2.75) is 38.7 Å². The molecule has 6 nitrogen and oxygen atoms in total. The fourth-order valence-corrected chi connectivity index (χ4v) is 1.61. The minimum absolute atomic E-state index is 0.162. The summed E-state index contributed by atoms with van der Waals surface area (Å²) in [5, 5.41) is 6.81. The zero-order valence-corrected chi connectivity index (χ0v) is 11.1. The van der Waals surface area contributed by atoms with Crippen LogP contribution in [0.3, 0.4) is 0 Å². The monoisotopic (exact) mass is 252 g/mol. The molecule has 1 aliphatic rings. The Balaban J connectivity index is 1.84. The maximum absolute atomic E-state index is 12.0. The summed E-state index contributed by atoms with van der Waals surface area (Å²) in [5.41, 5.74) is 0. The van der Waals surface area contributed by atoms with E-state index < -0.39 is 0 Å². The highest BCUT2D eigenvalue weighted by Crippen LogP contribution is 2.37. The predicted molar refractivity (Wildman–Crippen MR) is 66.4 cm³/mol. The second kappa shape index (κ2) is 5.48. The lowest BCUT2D eigenvalue weighted by Gasteiger charge is -2.16. The van der Waals surface area contributed by atoms with E-state index in [0.717, 1.165) is 18.7 Å². The molecule has 0 spiro atoms. The highest BCUT2D eigenvalue weighted by Gasteiger charge is 2.28. The molecule has 1 aromatic heterocycles. The molecule has 100 valence electrons. The molecule has 1 amide bonds. The number of amides is 1. The molecule has 2 rings (SSSR count).